The molecule has 0 atom stereocenters. The number of carboxylic acids is 1. The average molecular weight is 1420 g/mol. The van der Waals surface area contributed by atoms with E-state index in [4.69, 9.17) is 40.8 Å². The van der Waals surface area contributed by atoms with Crippen molar-refractivity contribution in [1.82, 2.24) is 56.6 Å². The zero-order chi connectivity index (χ0) is 76.1. The van der Waals surface area contributed by atoms with Crippen LogP contribution >= 0.6 is 0 Å². The topological polar surface area (TPSA) is 562 Å². The normalized spacial score (nSPS) is 14.0. The van der Waals surface area contributed by atoms with Crippen LogP contribution in [0.25, 0.3) is 0 Å². The fraction of sp³-hybridized carbons (Fsp3) is 0.542. The van der Waals surface area contributed by atoms with Crippen molar-refractivity contribution in [3.8, 4) is 6.26 Å². The summed E-state index contributed by atoms with van der Waals surface area (Å²) in [6, 6.07) is -1.62. The minimum atomic E-state index is -1.00. The van der Waals surface area contributed by atoms with E-state index >= 15 is 0 Å². The molecular formula is C59H87N15O24S. The largest absolute Gasteiger partial charge is 0.481 e. The molecule has 548 valence electrons. The Bertz CT molecular complexity index is 2970. The maximum absolute atomic E-state index is 11.5. The van der Waals surface area contributed by atoms with Crippen LogP contribution < -0.4 is 43.4 Å². The number of esters is 3. The Morgan fingerprint density at radius 1 is 0.444 bits per heavy atom. The number of amides is 16. The number of imide groups is 5. The number of urea groups is 3. The second-order valence-corrected chi connectivity index (χ2v) is 22.7. The van der Waals surface area contributed by atoms with E-state index < -0.39 is 94.5 Å². The summed E-state index contributed by atoms with van der Waals surface area (Å²) in [6.45, 7) is 17.8. The van der Waals surface area contributed by atoms with E-state index in [1.165, 1.54) is 30.6 Å². The van der Waals surface area contributed by atoms with Gasteiger partial charge < -0.3 is 72.3 Å². The first-order valence-electron chi connectivity index (χ1n) is 30.0. The summed E-state index contributed by atoms with van der Waals surface area (Å²) in [5.74, 6) is -6.99. The zero-order valence-corrected chi connectivity index (χ0v) is 57.2. The van der Waals surface area contributed by atoms with Gasteiger partial charge in [0, 0.05) is 152 Å². The number of ether oxygens (including phenoxy) is 4. The number of carboxylic acid groups (broad SMARTS) is 1. The molecule has 0 saturated carbocycles. The highest BCUT2D eigenvalue weighted by Gasteiger charge is 2.33. The molecule has 39 nitrogen and oxygen atoms in total. The lowest BCUT2D eigenvalue weighted by atomic mass is 10.2. The first-order valence-corrected chi connectivity index (χ1v) is 30.4. The lowest BCUT2D eigenvalue weighted by molar-refractivity contribution is -0.197. The van der Waals surface area contributed by atoms with Crippen molar-refractivity contribution in [2.45, 2.75) is 124 Å². The minimum absolute atomic E-state index is 0.00428. The van der Waals surface area contributed by atoms with Crippen LogP contribution in [-0.4, -0.2) is 239 Å². The number of hydroxylamine groups is 2. The monoisotopic (exact) mass is 1420 g/mol. The van der Waals surface area contributed by atoms with E-state index in [0.717, 1.165) is 43.9 Å². The fourth-order valence-corrected chi connectivity index (χ4v) is 6.89. The van der Waals surface area contributed by atoms with Gasteiger partial charge in [-0.15, -0.1) is 5.06 Å². The molecule has 99 heavy (non-hydrogen) atoms. The molecule has 5 aliphatic heterocycles. The molecule has 0 unspecified atom stereocenters. The van der Waals surface area contributed by atoms with E-state index in [9.17, 15) is 86.3 Å². The lowest BCUT2D eigenvalue weighted by Gasteiger charge is -2.19. The molecule has 0 aromatic rings. The third-order valence-electron chi connectivity index (χ3n) is 11.0. The van der Waals surface area contributed by atoms with E-state index in [1.807, 2.05) is 20.8 Å². The average Bonchev–Trinajstić information content (AvgIpc) is 1.77. The number of nitrogens with zero attached hydrogens (tertiary/aromatic N) is 6. The molecule has 5 heterocycles. The van der Waals surface area contributed by atoms with Crippen molar-refractivity contribution in [2.75, 3.05) is 85.1 Å². The highest BCUT2D eigenvalue weighted by molar-refractivity contribution is 7.45. The summed E-state index contributed by atoms with van der Waals surface area (Å²) >= 11 is 3.33. The number of nitrogens with two attached hydrogens (primary N) is 2. The number of rotatable bonds is 26. The molecule has 5 rings (SSSR count). The number of carbonyl (C=O) groups excluding carboxylic acids is 17. The molecule has 12 N–H and O–H groups in total. The second-order valence-electron chi connectivity index (χ2n) is 22.7. The van der Waals surface area contributed by atoms with Crippen molar-refractivity contribution in [2.24, 2.45) is 11.5 Å². The van der Waals surface area contributed by atoms with Gasteiger partial charge in [-0.2, -0.15) is 5.26 Å². The van der Waals surface area contributed by atoms with Crippen LogP contribution in [0.5, 0.6) is 0 Å². The van der Waals surface area contributed by atoms with Gasteiger partial charge in [-0.3, -0.25) is 86.7 Å². The Hall–Kier alpha value is -11.0. The van der Waals surface area contributed by atoms with Crippen LogP contribution in [0.3, 0.4) is 0 Å². The van der Waals surface area contributed by atoms with Gasteiger partial charge in [0.2, 0.25) is 0 Å². The number of hydrogen-bond acceptors (Lipinski definition) is 28. The predicted octanol–water partition coefficient (Wildman–Crippen LogP) is -2.11. The van der Waals surface area contributed by atoms with Crippen molar-refractivity contribution in [3.05, 3.63) is 48.6 Å². The van der Waals surface area contributed by atoms with E-state index in [-0.39, 0.29) is 133 Å². The Morgan fingerprint density at radius 2 is 0.717 bits per heavy atom. The Balaban J connectivity index is 0. The molecule has 5 aliphatic rings. The molecule has 0 aromatic heterocycles. The van der Waals surface area contributed by atoms with E-state index in [0.29, 0.717) is 31.1 Å². The van der Waals surface area contributed by atoms with Crippen molar-refractivity contribution in [1.29, 1.82) is 10.0 Å². The second kappa shape index (κ2) is 47.9. The smallest absolute Gasteiger partial charge is 0.334 e. The van der Waals surface area contributed by atoms with Crippen LogP contribution in [0.2, 0.25) is 0 Å². The van der Waals surface area contributed by atoms with Gasteiger partial charge in [-0.1, -0.05) is 0 Å². The SMILES string of the molecule is CC(C)(C)OC(=O)CCN.CC(C)(C)OC(=O)CCNC(=O)NCCN1C(=O)C=CC1=O.CC(C)(C)OC(=O)CCOC#N.N=S.NCCN1C(=O)C=CC1=O.O=C(NCCC(=O)ON1C(=O)CCC1=O)NCCN1C(=O)C=CC1=O.O=C(O)CCNC(=O)NCCN1C(=O)C=CC1=O. The lowest BCUT2D eigenvalue weighted by Crippen LogP contribution is -2.42. The number of nitrogens with one attached hydrogen (secondary N) is 7. The third kappa shape index (κ3) is 43.7. The van der Waals surface area contributed by atoms with Crippen molar-refractivity contribution in [3.63, 3.8) is 0 Å². The van der Waals surface area contributed by atoms with Crippen LogP contribution in [0.15, 0.2) is 48.6 Å². The third-order valence-corrected chi connectivity index (χ3v) is 11.0. The molecule has 0 aliphatic carbocycles. The van der Waals surface area contributed by atoms with Gasteiger partial charge >= 0.3 is 47.9 Å². The first kappa shape index (κ1) is 90.1. The maximum atomic E-state index is 11.5. The number of nitriles is 1. The minimum Gasteiger partial charge on any atom is -0.481 e. The molecule has 16 amide bonds. The highest BCUT2D eigenvalue weighted by atomic mass is 32.1. The van der Waals surface area contributed by atoms with Crippen LogP contribution in [0.4, 0.5) is 14.4 Å². The fourth-order valence-electron chi connectivity index (χ4n) is 6.89. The molecule has 1 saturated heterocycles. The van der Waals surface area contributed by atoms with Gasteiger partial charge in [-0.25, -0.2) is 24.0 Å². The molecule has 0 spiro atoms. The number of aliphatic carboxylic acids is 1. The van der Waals surface area contributed by atoms with Gasteiger partial charge in [0.15, 0.2) is 0 Å². The van der Waals surface area contributed by atoms with E-state index in [1.54, 1.807) is 41.5 Å². The standard InChI is InChI=1S/C14H16N4O7.C14H21N3O5.C10H13N3O5.C8H13NO3.C7H15NO2.C6H8N2O2.HNS/c19-9-1-2-10(20)17(9)8-7-16-14(24)15-6-5-13(23)25-18-11(21)3-4-12(18)22;1-14(2,3)22-12(20)6-7-15-13(21)16-8-9-17-10(18)4-5-11(17)19;14-7-1-2-8(15)13(7)6-5-12-10(18)11-4-3-9(16)17;1-8(2,3)12-7(10)4-5-11-6-9;1-7(2,3)10-6(9)4-5-8;7-3-4-8-5(9)1-2-6(8)10;1-2/h1-2H,3-8H2,(H2,15,16,24);4-5H,6-9H2,1-3H3,(H2,15,16,21);1-2H,3-6H2,(H,16,17)(H2,11,12,18);4-5H2,1-3H3;4-5,8H2,1-3H3;1-2H,3-4,7H2;1H. The Kier molecular flexibility index (Phi) is 43.6. The van der Waals surface area contributed by atoms with Gasteiger partial charge in [-0.05, 0) is 62.3 Å². The summed E-state index contributed by atoms with van der Waals surface area (Å²) in [6.07, 6.45) is 11.0. The van der Waals surface area contributed by atoms with Crippen molar-refractivity contribution >= 4 is 119 Å². The number of carbonyl (C=O) groups is 18. The number of hydrogen-bond donors (Lipinski definition) is 10. The van der Waals surface area contributed by atoms with Gasteiger partial charge in [0.05, 0.1) is 32.1 Å². The summed E-state index contributed by atoms with van der Waals surface area (Å²) < 4.78 is 24.7. The predicted molar refractivity (Wildman–Crippen MR) is 343 cm³/mol. The molecule has 0 aromatic carbocycles. The summed E-state index contributed by atoms with van der Waals surface area (Å²) in [4.78, 5) is 209. The highest BCUT2D eigenvalue weighted by Crippen LogP contribution is 2.13. The zero-order valence-electron chi connectivity index (χ0n) is 56.3. The molecule has 40 heteroatoms. The van der Waals surface area contributed by atoms with Crippen molar-refractivity contribution < 1.29 is 115 Å². The maximum Gasteiger partial charge on any atom is 0.334 e. The summed E-state index contributed by atoms with van der Waals surface area (Å²) in [5, 5.41) is 31.3. The van der Waals surface area contributed by atoms with Crippen LogP contribution in [-0.2, 0) is 108 Å². The Labute approximate surface area is 574 Å². The molecule has 0 bridgehead atoms. The Morgan fingerprint density at radius 3 is 1.00 bits per heavy atom. The van der Waals surface area contributed by atoms with Gasteiger partial charge in [0.1, 0.15) is 23.4 Å². The van der Waals surface area contributed by atoms with Crippen LogP contribution in [0.1, 0.15) is 107 Å². The molecule has 0 radical (unpaired) electrons. The van der Waals surface area contributed by atoms with E-state index in [2.05, 4.69) is 53.9 Å². The van der Waals surface area contributed by atoms with Crippen LogP contribution in [0, 0.1) is 16.3 Å². The quantitative estimate of drug-likeness (QED) is 0.0146. The summed E-state index contributed by atoms with van der Waals surface area (Å²) in [7, 11) is 0. The molecular weight excluding hydrogens is 1330 g/mol. The molecule has 1 fully saturated rings. The van der Waals surface area contributed by atoms with Gasteiger partial charge in [0.25, 0.3) is 65.3 Å². The summed E-state index contributed by atoms with van der Waals surface area (Å²) in [5.41, 5.74) is 8.90. The first-order chi connectivity index (χ1) is 46.2.